The fraction of sp³-hybridized carbons (Fsp3) is 0.577. The molecule has 0 aliphatic carbocycles. The van der Waals surface area contributed by atoms with Crippen molar-refractivity contribution in [2.75, 3.05) is 44.2 Å². The van der Waals surface area contributed by atoms with E-state index in [-0.39, 0.29) is 24.3 Å². The van der Waals surface area contributed by atoms with Crippen LogP contribution in [-0.2, 0) is 14.3 Å². The zero-order valence-electron chi connectivity index (χ0n) is 20.3. The lowest BCUT2D eigenvalue weighted by Gasteiger charge is -2.35. The summed E-state index contributed by atoms with van der Waals surface area (Å²) >= 11 is 0. The Bertz CT molecular complexity index is 909. The van der Waals surface area contributed by atoms with Crippen LogP contribution in [0.3, 0.4) is 0 Å². The van der Waals surface area contributed by atoms with Gasteiger partial charge in [-0.15, -0.1) is 0 Å². The van der Waals surface area contributed by atoms with Crippen LogP contribution in [0.5, 0.6) is 0 Å². The molecule has 0 spiro atoms. The van der Waals surface area contributed by atoms with E-state index in [1.165, 1.54) is 0 Å². The van der Waals surface area contributed by atoms with E-state index in [9.17, 15) is 14.4 Å². The fourth-order valence-electron chi connectivity index (χ4n) is 4.43. The van der Waals surface area contributed by atoms with Crippen LogP contribution < -0.4 is 15.5 Å². The van der Waals surface area contributed by atoms with E-state index in [2.05, 4.69) is 22.5 Å². The monoisotopic (exact) mass is 468 g/mol. The van der Waals surface area contributed by atoms with Gasteiger partial charge in [-0.05, 0) is 57.0 Å². The van der Waals surface area contributed by atoms with Gasteiger partial charge < -0.3 is 15.0 Å². The van der Waals surface area contributed by atoms with Gasteiger partial charge in [0.15, 0.2) is 0 Å². The van der Waals surface area contributed by atoms with E-state index in [1.54, 1.807) is 4.90 Å². The van der Waals surface area contributed by atoms with E-state index in [4.69, 9.17) is 4.74 Å². The van der Waals surface area contributed by atoms with Crippen molar-refractivity contribution in [3.8, 4) is 11.8 Å². The summed E-state index contributed by atoms with van der Waals surface area (Å²) in [5, 5.41) is 5.64. The Morgan fingerprint density at radius 3 is 2.53 bits per heavy atom. The topological polar surface area (TPSA) is 91.0 Å². The van der Waals surface area contributed by atoms with E-state index in [0.29, 0.717) is 24.7 Å². The number of likely N-dealkylation sites (tertiary alicyclic amines) is 1. The third kappa shape index (κ3) is 7.05. The van der Waals surface area contributed by atoms with Gasteiger partial charge >= 0.3 is 6.03 Å². The zero-order chi connectivity index (χ0) is 24.3. The molecular weight excluding hydrogens is 432 g/mol. The van der Waals surface area contributed by atoms with Crippen molar-refractivity contribution in [3.63, 3.8) is 0 Å². The average molecular weight is 469 g/mol. The van der Waals surface area contributed by atoms with Crippen LogP contribution in [-0.4, -0.2) is 68.2 Å². The maximum Gasteiger partial charge on any atom is 0.328 e. The third-order valence-corrected chi connectivity index (χ3v) is 6.28. The second-order valence-electron chi connectivity index (χ2n) is 8.47. The summed E-state index contributed by atoms with van der Waals surface area (Å²) < 4.78 is 5.92. The van der Waals surface area contributed by atoms with E-state index in [0.717, 1.165) is 57.4 Å². The number of nitrogens with one attached hydrogen (secondary N) is 2. The van der Waals surface area contributed by atoms with Crippen molar-refractivity contribution in [3.05, 3.63) is 29.8 Å². The Balaban J connectivity index is 0.00000158. The lowest BCUT2D eigenvalue weighted by atomic mass is 9.95. The average Bonchev–Trinajstić information content (AvgIpc) is 2.88. The first-order chi connectivity index (χ1) is 16.6. The molecule has 0 radical (unpaired) electrons. The summed E-state index contributed by atoms with van der Waals surface area (Å²) in [5.74, 6) is 6.36. The molecule has 0 aromatic heterocycles. The number of imide groups is 1. The number of nitrogens with zero attached hydrogens (tertiary/aromatic N) is 2. The molecule has 3 saturated heterocycles. The highest BCUT2D eigenvalue weighted by Gasteiger charge is 2.29. The van der Waals surface area contributed by atoms with Crippen LogP contribution in [0, 0.1) is 17.8 Å². The van der Waals surface area contributed by atoms with Crippen LogP contribution in [0.1, 0.15) is 51.5 Å². The number of urea groups is 1. The molecule has 3 aliphatic heterocycles. The molecule has 1 aromatic rings. The highest BCUT2D eigenvalue weighted by molar-refractivity contribution is 6.05. The minimum absolute atomic E-state index is 0.127. The molecule has 3 fully saturated rings. The molecule has 8 nitrogen and oxygen atoms in total. The minimum atomic E-state index is -0.403. The number of rotatable bonds is 4. The van der Waals surface area contributed by atoms with Crippen molar-refractivity contribution in [2.24, 2.45) is 5.92 Å². The van der Waals surface area contributed by atoms with Gasteiger partial charge in [-0.3, -0.25) is 19.8 Å². The van der Waals surface area contributed by atoms with Crippen molar-refractivity contribution >= 4 is 23.5 Å². The number of ether oxygens (including phenoxy) is 1. The van der Waals surface area contributed by atoms with E-state index >= 15 is 0 Å². The number of carbonyl (C=O) groups is 3. The lowest BCUT2D eigenvalue weighted by Crippen LogP contribution is -2.49. The molecule has 184 valence electrons. The second kappa shape index (κ2) is 13.1. The Kier molecular flexibility index (Phi) is 9.92. The van der Waals surface area contributed by atoms with Crippen molar-refractivity contribution in [2.45, 2.75) is 52.1 Å². The fourth-order valence-corrected chi connectivity index (χ4v) is 4.43. The number of anilines is 1. The lowest BCUT2D eigenvalue weighted by molar-refractivity contribution is -0.138. The molecule has 3 heterocycles. The SMILES string of the molecule is CC.O=C1CCN(c2cccc(C#CCOC3CCN(C(=O)C4CCNCC4)CC3)c2)C(=O)N1. The third-order valence-electron chi connectivity index (χ3n) is 6.28. The Morgan fingerprint density at radius 1 is 1.09 bits per heavy atom. The summed E-state index contributed by atoms with van der Waals surface area (Å²) in [6.07, 6.45) is 3.98. The van der Waals surface area contributed by atoms with E-state index in [1.807, 2.05) is 43.0 Å². The molecule has 0 bridgehead atoms. The standard InChI is InChI=1S/C24H30N4O4.C2H6/c29-22-10-15-28(24(31)26-22)20-5-1-3-18(17-20)4-2-16-32-21-8-13-27(14-9-21)23(30)19-6-11-25-12-7-19;1-2/h1,3,5,17,19,21,25H,6-16H2,(H,26,29,31);1-2H3. The number of hydrogen-bond acceptors (Lipinski definition) is 5. The Morgan fingerprint density at radius 2 is 1.82 bits per heavy atom. The van der Waals surface area contributed by atoms with Crippen molar-refractivity contribution in [1.29, 1.82) is 0 Å². The summed E-state index contributed by atoms with van der Waals surface area (Å²) in [5.41, 5.74) is 1.51. The maximum atomic E-state index is 12.6. The molecule has 8 heteroatoms. The van der Waals surface area contributed by atoms with E-state index < -0.39 is 6.03 Å². The summed E-state index contributed by atoms with van der Waals surface area (Å²) in [6, 6.07) is 7.00. The first-order valence-electron chi connectivity index (χ1n) is 12.4. The van der Waals surface area contributed by atoms with Gasteiger partial charge in [0.2, 0.25) is 11.8 Å². The molecular formula is C26H36N4O4. The quantitative estimate of drug-likeness (QED) is 0.663. The number of amides is 4. The molecule has 1 aromatic carbocycles. The molecule has 2 N–H and O–H groups in total. The van der Waals surface area contributed by atoms with Gasteiger partial charge in [0.05, 0.1) is 6.10 Å². The Labute approximate surface area is 202 Å². The van der Waals surface area contributed by atoms with Gasteiger partial charge in [0.25, 0.3) is 0 Å². The maximum absolute atomic E-state index is 12.6. The zero-order valence-corrected chi connectivity index (χ0v) is 20.3. The van der Waals surface area contributed by atoms with Gasteiger partial charge in [0.1, 0.15) is 6.61 Å². The normalized spacial score (nSPS) is 19.5. The van der Waals surface area contributed by atoms with Crippen LogP contribution in [0.2, 0.25) is 0 Å². The first-order valence-corrected chi connectivity index (χ1v) is 12.4. The summed E-state index contributed by atoms with van der Waals surface area (Å²) in [6.45, 7) is 8.07. The number of benzene rings is 1. The molecule has 0 unspecified atom stereocenters. The van der Waals surface area contributed by atoms with Gasteiger partial charge in [0, 0.05) is 43.2 Å². The smallest absolute Gasteiger partial charge is 0.328 e. The molecule has 0 atom stereocenters. The van der Waals surface area contributed by atoms with Crippen molar-refractivity contribution < 1.29 is 19.1 Å². The second-order valence-corrected chi connectivity index (χ2v) is 8.47. The number of piperidine rings is 2. The van der Waals surface area contributed by atoms with Gasteiger partial charge in [-0.2, -0.15) is 0 Å². The highest BCUT2D eigenvalue weighted by atomic mass is 16.5. The predicted octanol–water partition coefficient (Wildman–Crippen LogP) is 2.52. The summed E-state index contributed by atoms with van der Waals surface area (Å²) in [7, 11) is 0. The number of hydrogen-bond donors (Lipinski definition) is 2. The van der Waals surface area contributed by atoms with Crippen molar-refractivity contribution in [1.82, 2.24) is 15.5 Å². The van der Waals surface area contributed by atoms with Gasteiger partial charge in [-0.1, -0.05) is 31.8 Å². The van der Waals surface area contributed by atoms with Gasteiger partial charge in [-0.25, -0.2) is 4.79 Å². The Hall–Kier alpha value is -2.89. The van der Waals surface area contributed by atoms with Crippen LogP contribution in [0.15, 0.2) is 24.3 Å². The van der Waals surface area contributed by atoms with Crippen LogP contribution in [0.25, 0.3) is 0 Å². The van der Waals surface area contributed by atoms with Crippen LogP contribution in [0.4, 0.5) is 10.5 Å². The highest BCUT2D eigenvalue weighted by Crippen LogP contribution is 2.21. The molecule has 4 rings (SSSR count). The predicted molar refractivity (Wildman–Crippen MR) is 131 cm³/mol. The molecule has 4 amide bonds. The first kappa shape index (κ1) is 25.7. The number of carbonyl (C=O) groups excluding carboxylic acids is 3. The molecule has 0 saturated carbocycles. The molecule has 3 aliphatic rings. The molecule has 34 heavy (non-hydrogen) atoms. The minimum Gasteiger partial charge on any atom is -0.365 e. The largest absolute Gasteiger partial charge is 0.365 e. The summed E-state index contributed by atoms with van der Waals surface area (Å²) in [4.78, 5) is 39.5. The van der Waals surface area contributed by atoms with Crippen LogP contribution >= 0.6 is 0 Å².